The van der Waals surface area contributed by atoms with Gasteiger partial charge in [0.15, 0.2) is 0 Å². The van der Waals surface area contributed by atoms with Gasteiger partial charge in [-0.1, -0.05) is 12.1 Å². The molecule has 1 aromatic heterocycles. The Morgan fingerprint density at radius 2 is 1.86 bits per heavy atom. The number of fused-ring (bicyclic) bond motifs is 1. The SMILES string of the molecule is CC(Cl)C(=O)N1CCN(c2cnc3ccccc3n2)CC1. The molecule has 110 valence electrons. The van der Waals surface area contributed by atoms with E-state index in [2.05, 4.69) is 14.9 Å². The molecule has 1 unspecified atom stereocenters. The van der Waals surface area contributed by atoms with Crippen LogP contribution in [-0.4, -0.2) is 52.3 Å². The Bertz CT molecular complexity index is 653. The minimum absolute atomic E-state index is 0.000845. The van der Waals surface area contributed by atoms with E-state index in [0.717, 1.165) is 29.9 Å². The lowest BCUT2D eigenvalue weighted by Gasteiger charge is -2.35. The van der Waals surface area contributed by atoms with E-state index in [1.807, 2.05) is 29.2 Å². The molecule has 2 aromatic rings. The number of piperazine rings is 1. The lowest BCUT2D eigenvalue weighted by Crippen LogP contribution is -2.50. The van der Waals surface area contributed by atoms with Crippen LogP contribution in [0.2, 0.25) is 0 Å². The van der Waals surface area contributed by atoms with Crippen LogP contribution in [0.3, 0.4) is 0 Å². The molecule has 0 radical (unpaired) electrons. The fraction of sp³-hybridized carbons (Fsp3) is 0.400. The summed E-state index contributed by atoms with van der Waals surface area (Å²) in [6.07, 6.45) is 1.80. The predicted molar refractivity (Wildman–Crippen MR) is 83.6 cm³/mol. The second-order valence-corrected chi connectivity index (χ2v) is 5.80. The van der Waals surface area contributed by atoms with E-state index in [1.165, 1.54) is 0 Å². The van der Waals surface area contributed by atoms with Gasteiger partial charge in [0.05, 0.1) is 17.2 Å². The van der Waals surface area contributed by atoms with Crippen molar-refractivity contribution in [1.82, 2.24) is 14.9 Å². The van der Waals surface area contributed by atoms with Crippen LogP contribution in [0.15, 0.2) is 30.5 Å². The first kappa shape index (κ1) is 14.1. The molecule has 5 nitrogen and oxygen atoms in total. The highest BCUT2D eigenvalue weighted by Crippen LogP contribution is 2.17. The summed E-state index contributed by atoms with van der Waals surface area (Å²) in [5, 5.41) is -0.461. The fourth-order valence-corrected chi connectivity index (χ4v) is 2.65. The van der Waals surface area contributed by atoms with E-state index in [9.17, 15) is 4.79 Å². The Morgan fingerprint density at radius 1 is 1.19 bits per heavy atom. The number of benzene rings is 1. The smallest absolute Gasteiger partial charge is 0.240 e. The molecule has 0 bridgehead atoms. The van der Waals surface area contributed by atoms with Gasteiger partial charge in [-0.2, -0.15) is 0 Å². The van der Waals surface area contributed by atoms with Gasteiger partial charge in [-0.25, -0.2) is 4.98 Å². The molecule has 0 N–H and O–H groups in total. The molecular formula is C15H17ClN4O. The summed E-state index contributed by atoms with van der Waals surface area (Å²) in [6.45, 7) is 4.56. The maximum atomic E-state index is 11.9. The van der Waals surface area contributed by atoms with Gasteiger partial charge in [0, 0.05) is 26.2 Å². The van der Waals surface area contributed by atoms with Crippen LogP contribution >= 0.6 is 11.6 Å². The summed E-state index contributed by atoms with van der Waals surface area (Å²) in [5.41, 5.74) is 1.79. The monoisotopic (exact) mass is 304 g/mol. The van der Waals surface area contributed by atoms with Crippen molar-refractivity contribution in [1.29, 1.82) is 0 Å². The fourth-order valence-electron chi connectivity index (χ4n) is 2.51. The summed E-state index contributed by atoms with van der Waals surface area (Å²) in [7, 11) is 0. The Hall–Kier alpha value is -1.88. The molecule has 1 amide bonds. The average molecular weight is 305 g/mol. The van der Waals surface area contributed by atoms with E-state index in [-0.39, 0.29) is 5.91 Å². The summed E-state index contributed by atoms with van der Waals surface area (Å²) in [6, 6.07) is 7.82. The number of aromatic nitrogens is 2. The highest BCUT2D eigenvalue weighted by molar-refractivity contribution is 6.30. The molecule has 0 aliphatic carbocycles. The molecule has 3 rings (SSSR count). The number of nitrogens with zero attached hydrogens (tertiary/aromatic N) is 4. The molecule has 2 heterocycles. The van der Waals surface area contributed by atoms with E-state index in [0.29, 0.717) is 13.1 Å². The Balaban J connectivity index is 1.72. The molecule has 6 heteroatoms. The van der Waals surface area contributed by atoms with Crippen LogP contribution in [0, 0.1) is 0 Å². The third kappa shape index (κ3) is 2.93. The van der Waals surface area contributed by atoms with Crippen LogP contribution in [0.1, 0.15) is 6.92 Å². The van der Waals surface area contributed by atoms with Gasteiger partial charge in [0.1, 0.15) is 11.2 Å². The maximum Gasteiger partial charge on any atom is 0.240 e. The van der Waals surface area contributed by atoms with Crippen LogP contribution in [0.5, 0.6) is 0 Å². The summed E-state index contributed by atoms with van der Waals surface area (Å²) in [4.78, 5) is 24.9. The second-order valence-electron chi connectivity index (χ2n) is 5.15. The van der Waals surface area contributed by atoms with Crippen molar-refractivity contribution in [2.45, 2.75) is 12.3 Å². The second kappa shape index (κ2) is 5.85. The zero-order valence-electron chi connectivity index (χ0n) is 11.9. The topological polar surface area (TPSA) is 49.3 Å². The van der Waals surface area contributed by atoms with E-state index in [4.69, 9.17) is 11.6 Å². The van der Waals surface area contributed by atoms with Gasteiger partial charge in [-0.3, -0.25) is 9.78 Å². The number of halogens is 1. The van der Waals surface area contributed by atoms with Crippen LogP contribution in [0.4, 0.5) is 5.82 Å². The van der Waals surface area contributed by atoms with Gasteiger partial charge >= 0.3 is 0 Å². The number of alkyl halides is 1. The van der Waals surface area contributed by atoms with Crippen molar-refractivity contribution in [2.24, 2.45) is 0 Å². The first-order valence-electron chi connectivity index (χ1n) is 7.05. The standard InChI is InChI=1S/C15H17ClN4O/c1-11(16)15(21)20-8-6-19(7-9-20)14-10-17-12-4-2-3-5-13(12)18-14/h2-5,10-11H,6-9H2,1H3. The van der Waals surface area contributed by atoms with Crippen molar-refractivity contribution in [3.8, 4) is 0 Å². The Morgan fingerprint density at radius 3 is 2.52 bits per heavy atom. The van der Waals surface area contributed by atoms with Crippen molar-refractivity contribution in [2.75, 3.05) is 31.1 Å². The van der Waals surface area contributed by atoms with E-state index >= 15 is 0 Å². The van der Waals surface area contributed by atoms with E-state index < -0.39 is 5.38 Å². The number of hydrogen-bond donors (Lipinski definition) is 0. The average Bonchev–Trinajstić information content (AvgIpc) is 2.54. The third-order valence-corrected chi connectivity index (χ3v) is 3.88. The van der Waals surface area contributed by atoms with E-state index in [1.54, 1.807) is 13.1 Å². The number of carbonyl (C=O) groups excluding carboxylic acids is 1. The number of rotatable bonds is 2. The number of para-hydroxylation sites is 2. The summed E-state index contributed by atoms with van der Waals surface area (Å²) < 4.78 is 0. The highest BCUT2D eigenvalue weighted by atomic mass is 35.5. The van der Waals surface area contributed by atoms with Crippen molar-refractivity contribution < 1.29 is 4.79 Å². The zero-order valence-corrected chi connectivity index (χ0v) is 12.6. The summed E-state index contributed by atoms with van der Waals surface area (Å²) >= 11 is 5.85. The molecule has 1 aliphatic heterocycles. The zero-order chi connectivity index (χ0) is 14.8. The normalized spacial score (nSPS) is 17.0. The van der Waals surface area contributed by atoms with Crippen LogP contribution < -0.4 is 4.90 Å². The van der Waals surface area contributed by atoms with Crippen LogP contribution in [0.25, 0.3) is 11.0 Å². The van der Waals surface area contributed by atoms with Gasteiger partial charge in [-0.15, -0.1) is 11.6 Å². The van der Waals surface area contributed by atoms with Gasteiger partial charge in [0.2, 0.25) is 5.91 Å². The maximum absolute atomic E-state index is 11.9. The molecule has 1 fully saturated rings. The lowest BCUT2D eigenvalue weighted by atomic mass is 10.2. The molecule has 0 saturated carbocycles. The van der Waals surface area contributed by atoms with Gasteiger partial charge in [0.25, 0.3) is 0 Å². The Kier molecular flexibility index (Phi) is 3.92. The van der Waals surface area contributed by atoms with Crippen LogP contribution in [-0.2, 0) is 4.79 Å². The molecule has 21 heavy (non-hydrogen) atoms. The molecule has 1 atom stereocenters. The van der Waals surface area contributed by atoms with Gasteiger partial charge < -0.3 is 9.80 Å². The van der Waals surface area contributed by atoms with Crippen molar-refractivity contribution in [3.05, 3.63) is 30.5 Å². The first-order chi connectivity index (χ1) is 10.1. The molecule has 1 saturated heterocycles. The molecule has 0 spiro atoms. The molecular weight excluding hydrogens is 288 g/mol. The number of carbonyl (C=O) groups is 1. The predicted octanol–water partition coefficient (Wildman–Crippen LogP) is 1.91. The molecule has 1 aliphatic rings. The number of anilines is 1. The van der Waals surface area contributed by atoms with Crippen molar-refractivity contribution >= 4 is 34.4 Å². The first-order valence-corrected chi connectivity index (χ1v) is 7.48. The number of amides is 1. The number of hydrogen-bond acceptors (Lipinski definition) is 4. The van der Waals surface area contributed by atoms with Gasteiger partial charge in [-0.05, 0) is 19.1 Å². The third-order valence-electron chi connectivity index (χ3n) is 3.69. The van der Waals surface area contributed by atoms with Crippen molar-refractivity contribution in [3.63, 3.8) is 0 Å². The minimum atomic E-state index is -0.461. The summed E-state index contributed by atoms with van der Waals surface area (Å²) in [5.74, 6) is 0.862. The minimum Gasteiger partial charge on any atom is -0.352 e. The largest absolute Gasteiger partial charge is 0.352 e. The molecule has 1 aromatic carbocycles. The quantitative estimate of drug-likeness (QED) is 0.795. The highest BCUT2D eigenvalue weighted by Gasteiger charge is 2.24. The lowest BCUT2D eigenvalue weighted by molar-refractivity contribution is -0.130. The Labute approximate surface area is 128 Å².